The molecule has 1 saturated carbocycles. The molecular formula is C15H18O4. The molecule has 1 aromatic carbocycles. The molecule has 0 amide bonds. The van der Waals surface area contributed by atoms with E-state index in [0.29, 0.717) is 5.56 Å². The highest BCUT2D eigenvalue weighted by Crippen LogP contribution is 2.28. The van der Waals surface area contributed by atoms with Gasteiger partial charge in [-0.2, -0.15) is 0 Å². The molecule has 0 aromatic heterocycles. The van der Waals surface area contributed by atoms with Gasteiger partial charge < -0.3 is 10.2 Å². The summed E-state index contributed by atoms with van der Waals surface area (Å²) in [6.07, 6.45) is 6.11. The molecule has 0 spiro atoms. The average molecular weight is 262 g/mol. The number of carboxylic acids is 2. The molecule has 1 aromatic rings. The van der Waals surface area contributed by atoms with Crippen molar-refractivity contribution >= 4 is 11.9 Å². The maximum absolute atomic E-state index is 10.9. The van der Waals surface area contributed by atoms with Crippen LogP contribution in [0.3, 0.4) is 0 Å². The summed E-state index contributed by atoms with van der Waals surface area (Å²) in [6.45, 7) is 0. The molecule has 1 aliphatic rings. The minimum Gasteiger partial charge on any atom is -0.480 e. The molecule has 0 atom stereocenters. The van der Waals surface area contributed by atoms with Gasteiger partial charge in [-0.1, -0.05) is 49.9 Å². The minimum atomic E-state index is -1.47. The maximum atomic E-state index is 10.9. The highest BCUT2D eigenvalue weighted by molar-refractivity contribution is 5.98. The lowest BCUT2D eigenvalue weighted by Gasteiger charge is -2.11. The lowest BCUT2D eigenvalue weighted by atomic mass is 9.94. The Bertz CT molecular complexity index is 444. The van der Waals surface area contributed by atoms with Gasteiger partial charge in [0.15, 0.2) is 5.92 Å². The number of carboxylic acid groups (broad SMARTS) is 2. The zero-order valence-electron chi connectivity index (χ0n) is 10.7. The minimum absolute atomic E-state index is 0.329. The van der Waals surface area contributed by atoms with E-state index in [1.54, 1.807) is 12.1 Å². The first-order valence-electron chi connectivity index (χ1n) is 6.62. The lowest BCUT2D eigenvalue weighted by Crippen LogP contribution is -2.20. The predicted octanol–water partition coefficient (Wildman–Crippen LogP) is 2.67. The first kappa shape index (κ1) is 13.6. The summed E-state index contributed by atoms with van der Waals surface area (Å²) in [4.78, 5) is 21.8. The molecule has 19 heavy (non-hydrogen) atoms. The van der Waals surface area contributed by atoms with E-state index in [0.717, 1.165) is 17.9 Å². The Morgan fingerprint density at radius 1 is 1.05 bits per heavy atom. The van der Waals surface area contributed by atoms with Crippen LogP contribution in [0.15, 0.2) is 24.3 Å². The van der Waals surface area contributed by atoms with E-state index in [1.165, 1.54) is 25.7 Å². The van der Waals surface area contributed by atoms with E-state index in [2.05, 4.69) is 0 Å². The lowest BCUT2D eigenvalue weighted by molar-refractivity contribution is -0.150. The summed E-state index contributed by atoms with van der Waals surface area (Å²) in [5, 5.41) is 17.8. The second-order valence-electron chi connectivity index (χ2n) is 5.21. The fraction of sp³-hybridized carbons (Fsp3) is 0.467. The Labute approximate surface area is 112 Å². The van der Waals surface area contributed by atoms with E-state index >= 15 is 0 Å². The quantitative estimate of drug-likeness (QED) is 0.800. The monoisotopic (exact) mass is 262 g/mol. The molecule has 0 aliphatic heterocycles. The Morgan fingerprint density at radius 2 is 1.58 bits per heavy atom. The van der Waals surface area contributed by atoms with Crippen LogP contribution < -0.4 is 0 Å². The first-order chi connectivity index (χ1) is 9.08. The smallest absolute Gasteiger partial charge is 0.322 e. The van der Waals surface area contributed by atoms with Gasteiger partial charge in [-0.15, -0.1) is 0 Å². The Balaban J connectivity index is 2.08. The number of benzene rings is 1. The number of carbonyl (C=O) groups is 2. The number of rotatable bonds is 5. The van der Waals surface area contributed by atoms with E-state index in [1.807, 2.05) is 12.1 Å². The highest BCUT2D eigenvalue weighted by atomic mass is 16.4. The molecule has 1 fully saturated rings. The molecule has 4 heteroatoms. The summed E-state index contributed by atoms with van der Waals surface area (Å²) < 4.78 is 0. The van der Waals surface area contributed by atoms with Gasteiger partial charge >= 0.3 is 11.9 Å². The molecular weight excluding hydrogens is 244 g/mol. The van der Waals surface area contributed by atoms with Gasteiger partial charge in [-0.25, -0.2) is 0 Å². The van der Waals surface area contributed by atoms with Crippen molar-refractivity contribution in [2.45, 2.75) is 38.0 Å². The van der Waals surface area contributed by atoms with Crippen LogP contribution in [0.2, 0.25) is 0 Å². The van der Waals surface area contributed by atoms with E-state index in [-0.39, 0.29) is 0 Å². The van der Waals surface area contributed by atoms with Crippen LogP contribution in [0.5, 0.6) is 0 Å². The van der Waals surface area contributed by atoms with Crippen molar-refractivity contribution < 1.29 is 19.8 Å². The van der Waals surface area contributed by atoms with Crippen LogP contribution >= 0.6 is 0 Å². The fourth-order valence-electron chi connectivity index (χ4n) is 2.78. The molecule has 0 unspecified atom stereocenters. The summed E-state index contributed by atoms with van der Waals surface area (Å²) in [5.41, 5.74) is 1.49. The van der Waals surface area contributed by atoms with Crippen molar-refractivity contribution in [3.05, 3.63) is 35.4 Å². The Hall–Kier alpha value is -1.84. The van der Waals surface area contributed by atoms with Crippen LogP contribution in [-0.4, -0.2) is 22.2 Å². The van der Waals surface area contributed by atoms with Crippen molar-refractivity contribution in [3.63, 3.8) is 0 Å². The molecule has 0 bridgehead atoms. The highest BCUT2D eigenvalue weighted by Gasteiger charge is 2.27. The van der Waals surface area contributed by atoms with Gasteiger partial charge in [-0.3, -0.25) is 9.59 Å². The third-order valence-corrected chi connectivity index (χ3v) is 3.81. The van der Waals surface area contributed by atoms with Gasteiger partial charge in [0, 0.05) is 0 Å². The standard InChI is InChI=1S/C15H18O4/c16-14(17)13(15(18)19)12-7-5-11(6-8-12)9-10-3-1-2-4-10/h5-8,10,13H,1-4,9H2,(H,16,17)(H,18,19). The summed E-state index contributed by atoms with van der Waals surface area (Å²) >= 11 is 0. The largest absolute Gasteiger partial charge is 0.480 e. The van der Waals surface area contributed by atoms with Gasteiger partial charge in [0.1, 0.15) is 0 Å². The van der Waals surface area contributed by atoms with Gasteiger partial charge in [-0.05, 0) is 23.5 Å². The van der Waals surface area contributed by atoms with Crippen LogP contribution in [-0.2, 0) is 16.0 Å². The van der Waals surface area contributed by atoms with Crippen LogP contribution in [0, 0.1) is 5.92 Å². The molecule has 4 nitrogen and oxygen atoms in total. The third-order valence-electron chi connectivity index (χ3n) is 3.81. The first-order valence-corrected chi connectivity index (χ1v) is 6.62. The maximum Gasteiger partial charge on any atom is 0.322 e. The normalized spacial score (nSPS) is 15.8. The summed E-state index contributed by atoms with van der Waals surface area (Å²) in [5.74, 6) is -3.40. The summed E-state index contributed by atoms with van der Waals surface area (Å²) in [6, 6.07) is 6.95. The van der Waals surface area contributed by atoms with E-state index < -0.39 is 17.9 Å². The molecule has 0 saturated heterocycles. The molecule has 2 N–H and O–H groups in total. The second kappa shape index (κ2) is 5.87. The van der Waals surface area contributed by atoms with E-state index in [9.17, 15) is 9.59 Å². The summed E-state index contributed by atoms with van der Waals surface area (Å²) in [7, 11) is 0. The van der Waals surface area contributed by atoms with Gasteiger partial charge in [0.05, 0.1) is 0 Å². The SMILES string of the molecule is O=C(O)C(C(=O)O)c1ccc(CC2CCCC2)cc1. The fourth-order valence-corrected chi connectivity index (χ4v) is 2.78. The van der Waals surface area contributed by atoms with Crippen molar-refractivity contribution in [1.82, 2.24) is 0 Å². The Morgan fingerprint density at radius 3 is 2.05 bits per heavy atom. The van der Waals surface area contributed by atoms with Crippen molar-refractivity contribution in [1.29, 1.82) is 0 Å². The Kier molecular flexibility index (Phi) is 4.20. The van der Waals surface area contributed by atoms with E-state index in [4.69, 9.17) is 10.2 Å². The zero-order valence-corrected chi connectivity index (χ0v) is 10.7. The molecule has 0 heterocycles. The van der Waals surface area contributed by atoms with Crippen LogP contribution in [0.25, 0.3) is 0 Å². The topological polar surface area (TPSA) is 74.6 Å². The van der Waals surface area contributed by atoms with Crippen LogP contribution in [0.4, 0.5) is 0 Å². The van der Waals surface area contributed by atoms with Crippen molar-refractivity contribution in [3.8, 4) is 0 Å². The molecule has 0 radical (unpaired) electrons. The number of aliphatic carboxylic acids is 2. The molecule has 1 aliphatic carbocycles. The van der Waals surface area contributed by atoms with Crippen molar-refractivity contribution in [2.24, 2.45) is 5.92 Å². The van der Waals surface area contributed by atoms with Crippen molar-refractivity contribution in [2.75, 3.05) is 0 Å². The second-order valence-corrected chi connectivity index (χ2v) is 5.21. The molecule has 102 valence electrons. The van der Waals surface area contributed by atoms with Gasteiger partial charge in [0.2, 0.25) is 0 Å². The zero-order chi connectivity index (χ0) is 13.8. The average Bonchev–Trinajstić information content (AvgIpc) is 2.83. The van der Waals surface area contributed by atoms with Gasteiger partial charge in [0.25, 0.3) is 0 Å². The predicted molar refractivity (Wildman–Crippen MR) is 70.1 cm³/mol. The molecule has 2 rings (SSSR count). The number of hydrogen-bond donors (Lipinski definition) is 2. The third kappa shape index (κ3) is 3.34. The number of hydrogen-bond acceptors (Lipinski definition) is 2. The van der Waals surface area contributed by atoms with Crippen LogP contribution in [0.1, 0.15) is 42.7 Å².